The molecule has 2 nitrogen and oxygen atoms in total. The molecule has 0 spiro atoms. The van der Waals surface area contributed by atoms with Crippen LogP contribution in [-0.4, -0.2) is 0 Å². The van der Waals surface area contributed by atoms with Crippen LogP contribution in [0.25, 0.3) is 0 Å². The molecule has 0 aliphatic carbocycles. The van der Waals surface area contributed by atoms with E-state index in [1.54, 1.807) is 0 Å². The van der Waals surface area contributed by atoms with Crippen LogP contribution in [0.1, 0.15) is 11.1 Å². The minimum Gasteiger partial charge on any atom is -0.321 e. The van der Waals surface area contributed by atoms with E-state index in [2.05, 4.69) is 16.9 Å². The molecular weight excluding hydrogens is 232 g/mol. The first-order chi connectivity index (χ1) is 8.25. The van der Waals surface area contributed by atoms with E-state index in [1.807, 2.05) is 49.4 Å². The van der Waals surface area contributed by atoms with Crippen molar-refractivity contribution in [3.05, 3.63) is 64.7 Å². The molecule has 0 radical (unpaired) electrons. The number of hydrogen-bond donors (Lipinski definition) is 2. The Morgan fingerprint density at radius 2 is 1.82 bits per heavy atom. The van der Waals surface area contributed by atoms with Crippen LogP contribution in [0.4, 0.5) is 5.69 Å². The highest BCUT2D eigenvalue weighted by Crippen LogP contribution is 2.17. The van der Waals surface area contributed by atoms with Gasteiger partial charge < -0.3 is 5.43 Å². The van der Waals surface area contributed by atoms with Gasteiger partial charge in [0.1, 0.15) is 0 Å². The molecule has 0 saturated heterocycles. The third kappa shape index (κ3) is 3.48. The molecule has 2 aromatic carbocycles. The highest BCUT2D eigenvalue weighted by atomic mass is 35.5. The lowest BCUT2D eigenvalue weighted by molar-refractivity contribution is 0.801. The molecule has 0 aliphatic rings. The largest absolute Gasteiger partial charge is 0.321 e. The van der Waals surface area contributed by atoms with Gasteiger partial charge in [0.25, 0.3) is 0 Å². The second kappa shape index (κ2) is 5.71. The molecule has 2 rings (SSSR count). The first kappa shape index (κ1) is 12.0. The average molecular weight is 247 g/mol. The Balaban J connectivity index is 1.90. The first-order valence-electron chi connectivity index (χ1n) is 5.54. The summed E-state index contributed by atoms with van der Waals surface area (Å²) in [5.74, 6) is 0. The van der Waals surface area contributed by atoms with Crippen molar-refractivity contribution in [3.8, 4) is 0 Å². The standard InChI is InChI=1S/C14H15ClN2/c1-11-7-8-12(14(15)9-11)10-16-17-13-5-3-2-4-6-13/h2-9,16-17H,10H2,1H3. The average Bonchev–Trinajstić information content (AvgIpc) is 2.33. The summed E-state index contributed by atoms with van der Waals surface area (Å²) in [7, 11) is 0. The zero-order valence-corrected chi connectivity index (χ0v) is 10.5. The molecule has 0 atom stereocenters. The summed E-state index contributed by atoms with van der Waals surface area (Å²) in [6.45, 7) is 2.72. The Kier molecular flexibility index (Phi) is 4.02. The van der Waals surface area contributed by atoms with Crippen LogP contribution in [0.5, 0.6) is 0 Å². The molecule has 0 bridgehead atoms. The Morgan fingerprint density at radius 3 is 2.53 bits per heavy atom. The highest BCUT2D eigenvalue weighted by molar-refractivity contribution is 6.31. The summed E-state index contributed by atoms with van der Waals surface area (Å²) in [4.78, 5) is 0. The second-order valence-corrected chi connectivity index (χ2v) is 4.35. The molecule has 0 amide bonds. The molecule has 0 unspecified atom stereocenters. The number of hydrogen-bond acceptors (Lipinski definition) is 2. The summed E-state index contributed by atoms with van der Waals surface area (Å²) in [6.07, 6.45) is 0. The van der Waals surface area contributed by atoms with Gasteiger partial charge in [-0.05, 0) is 36.2 Å². The molecule has 2 N–H and O–H groups in total. The van der Waals surface area contributed by atoms with Crippen molar-refractivity contribution in [1.29, 1.82) is 0 Å². The van der Waals surface area contributed by atoms with Gasteiger partial charge in [0.15, 0.2) is 0 Å². The quantitative estimate of drug-likeness (QED) is 0.803. The number of anilines is 1. The van der Waals surface area contributed by atoms with Gasteiger partial charge in [-0.25, -0.2) is 5.43 Å². The Labute approximate surface area is 107 Å². The number of benzene rings is 2. The Bertz CT molecular complexity index is 483. The van der Waals surface area contributed by atoms with Gasteiger partial charge in [0, 0.05) is 17.3 Å². The van der Waals surface area contributed by atoms with Crippen molar-refractivity contribution in [3.63, 3.8) is 0 Å². The van der Waals surface area contributed by atoms with E-state index >= 15 is 0 Å². The Hall–Kier alpha value is -1.51. The summed E-state index contributed by atoms with van der Waals surface area (Å²) in [6, 6.07) is 16.0. The highest BCUT2D eigenvalue weighted by Gasteiger charge is 1.99. The summed E-state index contributed by atoms with van der Waals surface area (Å²) >= 11 is 6.14. The lowest BCUT2D eigenvalue weighted by Crippen LogP contribution is -2.20. The number of nitrogens with one attached hydrogen (secondary N) is 2. The topological polar surface area (TPSA) is 24.1 Å². The van der Waals surface area contributed by atoms with Crippen molar-refractivity contribution >= 4 is 17.3 Å². The lowest BCUT2D eigenvalue weighted by Gasteiger charge is -2.09. The van der Waals surface area contributed by atoms with Crippen molar-refractivity contribution in [2.45, 2.75) is 13.5 Å². The molecule has 17 heavy (non-hydrogen) atoms. The molecule has 0 aromatic heterocycles. The maximum absolute atomic E-state index is 6.14. The van der Waals surface area contributed by atoms with Gasteiger partial charge in [0.05, 0.1) is 0 Å². The van der Waals surface area contributed by atoms with Gasteiger partial charge >= 0.3 is 0 Å². The zero-order valence-electron chi connectivity index (χ0n) is 9.70. The first-order valence-corrected chi connectivity index (χ1v) is 5.92. The fraction of sp³-hybridized carbons (Fsp3) is 0.143. The van der Waals surface area contributed by atoms with Gasteiger partial charge in [0.2, 0.25) is 0 Å². The van der Waals surface area contributed by atoms with Crippen LogP contribution in [0.15, 0.2) is 48.5 Å². The van der Waals surface area contributed by atoms with Crippen molar-refractivity contribution in [2.24, 2.45) is 0 Å². The van der Waals surface area contributed by atoms with E-state index < -0.39 is 0 Å². The maximum Gasteiger partial charge on any atom is 0.0487 e. The van der Waals surface area contributed by atoms with E-state index in [-0.39, 0.29) is 0 Å². The predicted molar refractivity (Wildman–Crippen MR) is 73.1 cm³/mol. The maximum atomic E-state index is 6.14. The third-order valence-electron chi connectivity index (χ3n) is 2.49. The van der Waals surface area contributed by atoms with E-state index in [9.17, 15) is 0 Å². The number of para-hydroxylation sites is 1. The molecule has 0 heterocycles. The normalized spacial score (nSPS) is 10.2. The van der Waals surface area contributed by atoms with Crippen LogP contribution in [0.2, 0.25) is 5.02 Å². The van der Waals surface area contributed by atoms with E-state index in [0.717, 1.165) is 16.3 Å². The minimum absolute atomic E-state index is 0.688. The van der Waals surface area contributed by atoms with Crippen molar-refractivity contribution in [2.75, 3.05) is 5.43 Å². The van der Waals surface area contributed by atoms with Crippen molar-refractivity contribution in [1.82, 2.24) is 5.43 Å². The third-order valence-corrected chi connectivity index (χ3v) is 2.85. The van der Waals surface area contributed by atoms with Crippen LogP contribution in [-0.2, 0) is 6.54 Å². The number of halogens is 1. The van der Waals surface area contributed by atoms with Crippen molar-refractivity contribution < 1.29 is 0 Å². The SMILES string of the molecule is Cc1ccc(CNNc2ccccc2)c(Cl)c1. The molecule has 0 fully saturated rings. The molecule has 0 saturated carbocycles. The zero-order chi connectivity index (χ0) is 12.1. The fourth-order valence-electron chi connectivity index (χ4n) is 1.56. The fourth-order valence-corrected chi connectivity index (χ4v) is 1.86. The molecule has 3 heteroatoms. The summed E-state index contributed by atoms with van der Waals surface area (Å²) in [5.41, 5.74) is 9.57. The van der Waals surface area contributed by atoms with Gasteiger partial charge in [-0.2, -0.15) is 0 Å². The summed E-state index contributed by atoms with van der Waals surface area (Å²) in [5, 5.41) is 0.798. The smallest absolute Gasteiger partial charge is 0.0487 e. The van der Waals surface area contributed by atoms with Gasteiger partial charge in [-0.15, -0.1) is 0 Å². The Morgan fingerprint density at radius 1 is 1.06 bits per heavy atom. The molecular formula is C14H15ClN2. The second-order valence-electron chi connectivity index (χ2n) is 3.94. The number of rotatable bonds is 4. The van der Waals surface area contributed by atoms with E-state index in [0.29, 0.717) is 6.54 Å². The van der Waals surface area contributed by atoms with Gasteiger partial charge in [-0.3, -0.25) is 0 Å². The number of hydrazine groups is 1. The van der Waals surface area contributed by atoms with E-state index in [4.69, 9.17) is 11.6 Å². The minimum atomic E-state index is 0.688. The van der Waals surface area contributed by atoms with Gasteiger partial charge in [-0.1, -0.05) is 41.9 Å². The van der Waals surface area contributed by atoms with E-state index in [1.165, 1.54) is 5.56 Å². The van der Waals surface area contributed by atoms with Crippen LogP contribution >= 0.6 is 11.6 Å². The van der Waals surface area contributed by atoms with Crippen LogP contribution in [0, 0.1) is 6.92 Å². The molecule has 2 aromatic rings. The molecule has 88 valence electrons. The van der Waals surface area contributed by atoms with Crippen LogP contribution in [0.3, 0.4) is 0 Å². The molecule has 0 aliphatic heterocycles. The monoisotopic (exact) mass is 246 g/mol. The van der Waals surface area contributed by atoms with Crippen LogP contribution < -0.4 is 10.9 Å². The predicted octanol–water partition coefficient (Wildman–Crippen LogP) is 3.77. The lowest BCUT2D eigenvalue weighted by atomic mass is 10.1. The summed E-state index contributed by atoms with van der Waals surface area (Å²) < 4.78 is 0. The number of aryl methyl sites for hydroxylation is 1.